The van der Waals surface area contributed by atoms with E-state index in [0.717, 1.165) is 0 Å². The van der Waals surface area contributed by atoms with Crippen LogP contribution in [-0.4, -0.2) is 34.0 Å². The van der Waals surface area contributed by atoms with Crippen LogP contribution < -0.4 is 10.5 Å². The third-order valence-corrected chi connectivity index (χ3v) is 3.83. The van der Waals surface area contributed by atoms with Gasteiger partial charge in [-0.25, -0.2) is 13.8 Å². The van der Waals surface area contributed by atoms with Crippen LogP contribution in [-0.2, 0) is 0 Å². The van der Waals surface area contributed by atoms with Crippen molar-refractivity contribution >= 4 is 17.4 Å². The number of anilines is 1. The van der Waals surface area contributed by atoms with E-state index in [4.69, 9.17) is 11.6 Å². The van der Waals surface area contributed by atoms with E-state index < -0.39 is 18.0 Å². The predicted molar refractivity (Wildman–Crippen MR) is 79.5 cm³/mol. The number of nitrogens with one attached hydrogen (secondary N) is 1. The maximum atomic E-state index is 13.6. The van der Waals surface area contributed by atoms with Gasteiger partial charge in [-0.05, 0) is 18.6 Å². The van der Waals surface area contributed by atoms with Gasteiger partial charge in [0.25, 0.3) is 11.5 Å². The molecular formula is C14H13ClF2N4O. The molecular weight excluding hydrogens is 314 g/mol. The fourth-order valence-corrected chi connectivity index (χ4v) is 2.66. The van der Waals surface area contributed by atoms with Gasteiger partial charge in [-0.2, -0.15) is 0 Å². The summed E-state index contributed by atoms with van der Waals surface area (Å²) >= 11 is 5.97. The molecule has 8 heteroatoms. The number of rotatable bonds is 2. The third kappa shape index (κ3) is 2.94. The number of hydrogen-bond acceptors (Lipinski definition) is 4. The first-order valence-electron chi connectivity index (χ1n) is 6.79. The molecule has 2 aromatic rings. The molecule has 3 heterocycles. The minimum absolute atomic E-state index is 0.0941. The Hall–Kier alpha value is -2.02. The molecule has 0 radical (unpaired) electrons. The van der Waals surface area contributed by atoms with E-state index in [0.29, 0.717) is 18.5 Å². The van der Waals surface area contributed by atoms with E-state index in [-0.39, 0.29) is 23.1 Å². The zero-order valence-corrected chi connectivity index (χ0v) is 12.3. The molecule has 5 nitrogen and oxygen atoms in total. The number of aromatic amines is 1. The van der Waals surface area contributed by atoms with E-state index in [9.17, 15) is 13.6 Å². The summed E-state index contributed by atoms with van der Waals surface area (Å²) in [7, 11) is 0. The molecule has 1 aliphatic rings. The summed E-state index contributed by atoms with van der Waals surface area (Å²) in [5.41, 5.74) is 0.0844. The van der Waals surface area contributed by atoms with Gasteiger partial charge in [0.1, 0.15) is 10.8 Å². The Bertz CT molecular complexity index is 735. The molecule has 0 saturated carbocycles. The van der Waals surface area contributed by atoms with Crippen LogP contribution in [0.1, 0.15) is 12.8 Å². The lowest BCUT2D eigenvalue weighted by Gasteiger charge is -2.33. The molecule has 0 atom stereocenters. The highest BCUT2D eigenvalue weighted by molar-refractivity contribution is 6.32. The zero-order valence-electron chi connectivity index (χ0n) is 11.5. The van der Waals surface area contributed by atoms with Gasteiger partial charge in [0.15, 0.2) is 5.82 Å². The Balaban J connectivity index is 2.04. The number of alkyl halides is 2. The second kappa shape index (κ2) is 5.64. The van der Waals surface area contributed by atoms with Crippen molar-refractivity contribution in [2.24, 2.45) is 0 Å². The number of nitrogens with zero attached hydrogens (tertiary/aromatic N) is 3. The molecule has 1 saturated heterocycles. The van der Waals surface area contributed by atoms with Crippen LogP contribution in [0.3, 0.4) is 0 Å². The van der Waals surface area contributed by atoms with Gasteiger partial charge in [-0.3, -0.25) is 9.78 Å². The van der Waals surface area contributed by atoms with Crippen LogP contribution in [0.15, 0.2) is 29.3 Å². The lowest BCUT2D eigenvalue weighted by molar-refractivity contribution is -0.0118. The Morgan fingerprint density at radius 3 is 2.73 bits per heavy atom. The molecule has 0 bridgehead atoms. The largest absolute Gasteiger partial charge is 0.349 e. The summed E-state index contributed by atoms with van der Waals surface area (Å²) in [6, 6.07) is 3.33. The van der Waals surface area contributed by atoms with Crippen molar-refractivity contribution < 1.29 is 8.78 Å². The Labute approximate surface area is 130 Å². The van der Waals surface area contributed by atoms with Crippen LogP contribution in [0.4, 0.5) is 14.6 Å². The summed E-state index contributed by atoms with van der Waals surface area (Å²) in [6.07, 6.45) is 3.27. The molecule has 1 fully saturated rings. The smallest absolute Gasteiger partial charge is 0.272 e. The normalized spacial score (nSPS) is 17.5. The summed E-state index contributed by atoms with van der Waals surface area (Å²) < 4.78 is 27.2. The zero-order chi connectivity index (χ0) is 15.7. The highest BCUT2D eigenvalue weighted by atomic mass is 35.5. The monoisotopic (exact) mass is 326 g/mol. The SMILES string of the molecule is O=c1[nH]c(-c2ccncc2)nc(N2CCCC(F)(F)C2)c1Cl. The molecule has 0 unspecified atom stereocenters. The van der Waals surface area contributed by atoms with Gasteiger partial charge in [0.2, 0.25) is 0 Å². The Kier molecular flexibility index (Phi) is 3.82. The predicted octanol–water partition coefficient (Wildman–Crippen LogP) is 2.72. The molecule has 116 valence electrons. The lowest BCUT2D eigenvalue weighted by atomic mass is 10.1. The van der Waals surface area contributed by atoms with Crippen molar-refractivity contribution in [1.29, 1.82) is 0 Å². The second-order valence-electron chi connectivity index (χ2n) is 5.17. The molecule has 0 spiro atoms. The summed E-state index contributed by atoms with van der Waals surface area (Å²) in [6.45, 7) is -0.0967. The number of piperidine rings is 1. The van der Waals surface area contributed by atoms with Gasteiger partial charge in [0, 0.05) is 30.9 Å². The van der Waals surface area contributed by atoms with Crippen molar-refractivity contribution in [3.63, 3.8) is 0 Å². The summed E-state index contributed by atoms with van der Waals surface area (Å²) in [5, 5.41) is -0.171. The Morgan fingerprint density at radius 1 is 1.32 bits per heavy atom. The number of halogens is 3. The van der Waals surface area contributed by atoms with Crippen molar-refractivity contribution in [3.8, 4) is 11.4 Å². The first-order valence-corrected chi connectivity index (χ1v) is 7.17. The summed E-state index contributed by atoms with van der Waals surface area (Å²) in [5.74, 6) is -2.43. The van der Waals surface area contributed by atoms with Crippen LogP contribution in [0.2, 0.25) is 5.02 Å². The fraction of sp³-hybridized carbons (Fsp3) is 0.357. The minimum atomic E-state index is -2.80. The van der Waals surface area contributed by atoms with Gasteiger partial charge >= 0.3 is 0 Å². The third-order valence-electron chi connectivity index (χ3n) is 3.49. The molecule has 0 aliphatic carbocycles. The quantitative estimate of drug-likeness (QED) is 0.921. The molecule has 3 rings (SSSR count). The number of hydrogen-bond donors (Lipinski definition) is 1. The number of pyridine rings is 1. The van der Waals surface area contributed by atoms with Crippen molar-refractivity contribution in [3.05, 3.63) is 39.9 Å². The molecule has 1 aliphatic heterocycles. The van der Waals surface area contributed by atoms with Crippen LogP contribution in [0.25, 0.3) is 11.4 Å². The van der Waals surface area contributed by atoms with Crippen molar-refractivity contribution in [2.45, 2.75) is 18.8 Å². The highest BCUT2D eigenvalue weighted by Gasteiger charge is 2.36. The highest BCUT2D eigenvalue weighted by Crippen LogP contribution is 2.31. The maximum absolute atomic E-state index is 13.6. The van der Waals surface area contributed by atoms with Crippen LogP contribution in [0.5, 0.6) is 0 Å². The average molecular weight is 327 g/mol. The van der Waals surface area contributed by atoms with E-state index in [2.05, 4.69) is 15.0 Å². The van der Waals surface area contributed by atoms with Gasteiger partial charge in [0.05, 0.1) is 6.54 Å². The Morgan fingerprint density at radius 2 is 2.05 bits per heavy atom. The summed E-state index contributed by atoms with van der Waals surface area (Å²) in [4.78, 5) is 24.1. The number of aromatic nitrogens is 3. The van der Waals surface area contributed by atoms with E-state index in [1.165, 1.54) is 4.90 Å². The molecule has 1 N–H and O–H groups in total. The van der Waals surface area contributed by atoms with Crippen molar-refractivity contribution in [2.75, 3.05) is 18.0 Å². The molecule has 0 aromatic carbocycles. The van der Waals surface area contributed by atoms with Gasteiger partial charge in [-0.1, -0.05) is 11.6 Å². The van der Waals surface area contributed by atoms with E-state index in [1.54, 1.807) is 24.5 Å². The van der Waals surface area contributed by atoms with E-state index >= 15 is 0 Å². The number of H-pyrrole nitrogens is 1. The second-order valence-corrected chi connectivity index (χ2v) is 5.55. The first kappa shape index (κ1) is 14.9. The molecule has 22 heavy (non-hydrogen) atoms. The lowest BCUT2D eigenvalue weighted by Crippen LogP contribution is -2.43. The van der Waals surface area contributed by atoms with Gasteiger partial charge < -0.3 is 9.88 Å². The molecule has 2 aromatic heterocycles. The van der Waals surface area contributed by atoms with Crippen LogP contribution >= 0.6 is 11.6 Å². The van der Waals surface area contributed by atoms with Gasteiger partial charge in [-0.15, -0.1) is 0 Å². The topological polar surface area (TPSA) is 61.9 Å². The molecule has 0 amide bonds. The minimum Gasteiger partial charge on any atom is -0.349 e. The first-order chi connectivity index (χ1) is 10.5. The van der Waals surface area contributed by atoms with E-state index in [1.807, 2.05) is 0 Å². The average Bonchev–Trinajstić information content (AvgIpc) is 2.49. The maximum Gasteiger partial charge on any atom is 0.272 e. The fourth-order valence-electron chi connectivity index (χ4n) is 2.45. The standard InChI is InChI=1S/C14H13ClF2N4O/c15-10-12(21-7-1-4-14(16,17)8-21)19-11(20-13(10)22)9-2-5-18-6-3-9/h2-3,5-6H,1,4,7-8H2,(H,19,20,22). The van der Waals surface area contributed by atoms with Crippen molar-refractivity contribution in [1.82, 2.24) is 15.0 Å². The van der Waals surface area contributed by atoms with Crippen LogP contribution in [0, 0.1) is 0 Å².